The molecular weight excluding hydrogens is 116 g/mol. The molecule has 4 heteroatoms. The molecule has 0 amide bonds. The molecule has 1 aromatic rings. The van der Waals surface area contributed by atoms with E-state index in [1.165, 1.54) is 6.33 Å². The summed E-state index contributed by atoms with van der Waals surface area (Å²) in [6, 6.07) is 0.299. The first kappa shape index (κ1) is 6.07. The van der Waals surface area contributed by atoms with Gasteiger partial charge in [-0.25, -0.2) is 9.67 Å². The number of nitrogens with zero attached hydrogens (tertiary/aromatic N) is 3. The normalized spacial score (nSPS) is 10.6. The van der Waals surface area contributed by atoms with Gasteiger partial charge >= 0.3 is 0 Å². The zero-order valence-electron chi connectivity index (χ0n) is 5.57. The van der Waals surface area contributed by atoms with Gasteiger partial charge in [-0.2, -0.15) is 5.10 Å². The van der Waals surface area contributed by atoms with Crippen LogP contribution in [0, 0.1) is 0 Å². The molecule has 0 aliphatic rings. The second kappa shape index (κ2) is 2.05. The summed E-state index contributed by atoms with van der Waals surface area (Å²) in [5, 5.41) is 3.90. The van der Waals surface area contributed by atoms with Crippen molar-refractivity contribution in [2.24, 2.45) is 0 Å². The highest BCUT2D eigenvalue weighted by atomic mass is 15.4. The van der Waals surface area contributed by atoms with E-state index in [4.69, 9.17) is 5.73 Å². The Morgan fingerprint density at radius 1 is 1.67 bits per heavy atom. The van der Waals surface area contributed by atoms with E-state index in [0.29, 0.717) is 12.0 Å². The third-order valence-electron chi connectivity index (χ3n) is 1.09. The predicted octanol–water partition coefficient (Wildman–Crippen LogP) is 0.441. The molecule has 0 aliphatic heterocycles. The molecule has 0 saturated carbocycles. The van der Waals surface area contributed by atoms with Gasteiger partial charge in [-0.05, 0) is 13.8 Å². The van der Waals surface area contributed by atoms with E-state index in [0.717, 1.165) is 0 Å². The van der Waals surface area contributed by atoms with Crippen LogP contribution < -0.4 is 5.73 Å². The van der Waals surface area contributed by atoms with Gasteiger partial charge in [-0.3, -0.25) is 0 Å². The molecular formula is C5H10N4. The highest BCUT2D eigenvalue weighted by molar-refractivity contribution is 5.12. The lowest BCUT2D eigenvalue weighted by molar-refractivity contribution is 0.540. The van der Waals surface area contributed by atoms with Gasteiger partial charge in [0.1, 0.15) is 6.33 Å². The van der Waals surface area contributed by atoms with Crippen LogP contribution >= 0.6 is 0 Å². The van der Waals surface area contributed by atoms with Gasteiger partial charge in [0, 0.05) is 0 Å². The van der Waals surface area contributed by atoms with Gasteiger partial charge in [-0.15, -0.1) is 0 Å². The van der Waals surface area contributed by atoms with Crippen LogP contribution in [-0.4, -0.2) is 14.8 Å². The SMILES string of the molecule is CC(C)n1ncnc1N. The minimum Gasteiger partial charge on any atom is -0.368 e. The number of hydrogen-bond donors (Lipinski definition) is 1. The van der Waals surface area contributed by atoms with E-state index in [9.17, 15) is 0 Å². The van der Waals surface area contributed by atoms with Crippen LogP contribution in [0.1, 0.15) is 19.9 Å². The molecule has 1 aromatic heterocycles. The average molecular weight is 126 g/mol. The average Bonchev–Trinajstić information content (AvgIpc) is 2.13. The first-order valence-electron chi connectivity index (χ1n) is 2.87. The van der Waals surface area contributed by atoms with Crippen LogP contribution in [0.25, 0.3) is 0 Å². The van der Waals surface area contributed by atoms with Crippen molar-refractivity contribution >= 4 is 5.95 Å². The number of nitrogens with two attached hydrogens (primary N) is 1. The molecule has 0 aromatic carbocycles. The molecule has 9 heavy (non-hydrogen) atoms. The van der Waals surface area contributed by atoms with E-state index in [2.05, 4.69) is 10.1 Å². The van der Waals surface area contributed by atoms with Crippen molar-refractivity contribution in [2.75, 3.05) is 5.73 Å². The minimum absolute atomic E-state index is 0.299. The minimum atomic E-state index is 0.299. The lowest BCUT2D eigenvalue weighted by Gasteiger charge is -2.03. The maximum Gasteiger partial charge on any atom is 0.218 e. The molecule has 50 valence electrons. The van der Waals surface area contributed by atoms with Gasteiger partial charge in [0.15, 0.2) is 0 Å². The molecule has 4 nitrogen and oxygen atoms in total. The van der Waals surface area contributed by atoms with E-state index >= 15 is 0 Å². The van der Waals surface area contributed by atoms with E-state index in [1.54, 1.807) is 4.68 Å². The second-order valence-electron chi connectivity index (χ2n) is 2.16. The summed E-state index contributed by atoms with van der Waals surface area (Å²) >= 11 is 0. The van der Waals surface area contributed by atoms with Gasteiger partial charge in [0.05, 0.1) is 6.04 Å². The van der Waals surface area contributed by atoms with Crippen molar-refractivity contribution in [3.63, 3.8) is 0 Å². The number of aromatic nitrogens is 3. The molecule has 0 fully saturated rings. The van der Waals surface area contributed by atoms with Crippen LogP contribution in [-0.2, 0) is 0 Å². The molecule has 0 bridgehead atoms. The third-order valence-corrected chi connectivity index (χ3v) is 1.09. The second-order valence-corrected chi connectivity index (χ2v) is 2.16. The molecule has 1 rings (SSSR count). The van der Waals surface area contributed by atoms with Crippen molar-refractivity contribution in [3.8, 4) is 0 Å². The number of hydrogen-bond acceptors (Lipinski definition) is 3. The van der Waals surface area contributed by atoms with Crippen molar-refractivity contribution in [3.05, 3.63) is 6.33 Å². The fourth-order valence-electron chi connectivity index (χ4n) is 0.657. The Hall–Kier alpha value is -1.06. The Balaban J connectivity index is 2.94. The van der Waals surface area contributed by atoms with E-state index in [-0.39, 0.29) is 0 Å². The van der Waals surface area contributed by atoms with E-state index < -0.39 is 0 Å². The number of nitrogen functional groups attached to an aromatic ring is 1. The Labute approximate surface area is 53.7 Å². The van der Waals surface area contributed by atoms with Crippen LogP contribution in [0.2, 0.25) is 0 Å². The third kappa shape index (κ3) is 1.01. The quantitative estimate of drug-likeness (QED) is 0.594. The summed E-state index contributed by atoms with van der Waals surface area (Å²) in [6.07, 6.45) is 1.45. The van der Waals surface area contributed by atoms with Crippen LogP contribution in [0.15, 0.2) is 6.33 Å². The lowest BCUT2D eigenvalue weighted by atomic mass is 10.4. The first-order valence-corrected chi connectivity index (χ1v) is 2.87. The molecule has 0 atom stereocenters. The first-order chi connectivity index (χ1) is 4.22. The van der Waals surface area contributed by atoms with Gasteiger partial charge in [0.25, 0.3) is 0 Å². The Bertz CT molecular complexity index is 191. The summed E-state index contributed by atoms with van der Waals surface area (Å²) in [5.41, 5.74) is 5.43. The summed E-state index contributed by atoms with van der Waals surface area (Å²) in [7, 11) is 0. The summed E-state index contributed by atoms with van der Waals surface area (Å²) in [5.74, 6) is 0.477. The molecule has 1 heterocycles. The molecule has 2 N–H and O–H groups in total. The maximum atomic E-state index is 5.43. The number of rotatable bonds is 1. The largest absolute Gasteiger partial charge is 0.368 e. The predicted molar refractivity (Wildman–Crippen MR) is 34.8 cm³/mol. The van der Waals surface area contributed by atoms with Crippen LogP contribution in [0.5, 0.6) is 0 Å². The summed E-state index contributed by atoms with van der Waals surface area (Å²) in [4.78, 5) is 3.77. The summed E-state index contributed by atoms with van der Waals surface area (Å²) in [6.45, 7) is 4.01. The van der Waals surface area contributed by atoms with Crippen LogP contribution in [0.3, 0.4) is 0 Å². The molecule has 0 spiro atoms. The monoisotopic (exact) mass is 126 g/mol. The topological polar surface area (TPSA) is 56.7 Å². The molecule has 0 aliphatic carbocycles. The fraction of sp³-hybridized carbons (Fsp3) is 0.600. The Morgan fingerprint density at radius 3 is 2.56 bits per heavy atom. The summed E-state index contributed by atoms with van der Waals surface area (Å²) < 4.78 is 1.67. The van der Waals surface area contributed by atoms with Gasteiger partial charge in [0.2, 0.25) is 5.95 Å². The van der Waals surface area contributed by atoms with Crippen molar-refractivity contribution < 1.29 is 0 Å². The standard InChI is InChI=1S/C5H10N4/c1-4(2)9-5(6)7-3-8-9/h3-4H,1-2H3,(H2,6,7,8). The number of anilines is 1. The van der Waals surface area contributed by atoms with Gasteiger partial charge < -0.3 is 5.73 Å². The van der Waals surface area contributed by atoms with Crippen molar-refractivity contribution in [2.45, 2.75) is 19.9 Å². The zero-order chi connectivity index (χ0) is 6.85. The smallest absolute Gasteiger partial charge is 0.218 e. The van der Waals surface area contributed by atoms with E-state index in [1.807, 2.05) is 13.8 Å². The maximum absolute atomic E-state index is 5.43. The Morgan fingerprint density at radius 2 is 2.33 bits per heavy atom. The molecule has 0 saturated heterocycles. The highest BCUT2D eigenvalue weighted by Gasteiger charge is 2.00. The molecule has 0 unspecified atom stereocenters. The molecule has 0 radical (unpaired) electrons. The lowest BCUT2D eigenvalue weighted by Crippen LogP contribution is -2.06. The van der Waals surface area contributed by atoms with Crippen molar-refractivity contribution in [1.29, 1.82) is 0 Å². The van der Waals surface area contributed by atoms with Crippen LogP contribution in [0.4, 0.5) is 5.95 Å². The van der Waals surface area contributed by atoms with Gasteiger partial charge in [-0.1, -0.05) is 0 Å². The fourth-order valence-corrected chi connectivity index (χ4v) is 0.657. The highest BCUT2D eigenvalue weighted by Crippen LogP contribution is 2.04. The zero-order valence-corrected chi connectivity index (χ0v) is 5.57. The Kier molecular flexibility index (Phi) is 1.38. The van der Waals surface area contributed by atoms with Crippen molar-refractivity contribution in [1.82, 2.24) is 14.8 Å².